The quantitative estimate of drug-likeness (QED) is 0.237. The highest BCUT2D eigenvalue weighted by Crippen LogP contribution is 2.41. The number of hydrogen-bond acceptors (Lipinski definition) is 5. The van der Waals surface area contributed by atoms with Crippen LogP contribution >= 0.6 is 0 Å². The van der Waals surface area contributed by atoms with Gasteiger partial charge in [-0.25, -0.2) is 9.97 Å². The molecule has 0 saturated heterocycles. The SMILES string of the molecule is c1ccc2c(c1)Cc1c(-c3ccc4oc5ccc(-c6cccc7c6oc6cccnc67)cc5c4c3)ncnc1-2. The molecule has 8 aromatic rings. The third-order valence-corrected chi connectivity index (χ3v) is 7.89. The van der Waals surface area contributed by atoms with Crippen LogP contribution in [-0.2, 0) is 6.42 Å². The molecule has 0 saturated carbocycles. The van der Waals surface area contributed by atoms with E-state index in [-0.39, 0.29) is 0 Å². The first-order valence-corrected chi connectivity index (χ1v) is 13.0. The maximum absolute atomic E-state index is 6.27. The van der Waals surface area contributed by atoms with Gasteiger partial charge in [-0.15, -0.1) is 0 Å². The van der Waals surface area contributed by atoms with Crippen LogP contribution in [0.25, 0.3) is 77.6 Å². The second-order valence-electron chi connectivity index (χ2n) is 10.0. The van der Waals surface area contributed by atoms with Crippen molar-refractivity contribution in [3.63, 3.8) is 0 Å². The van der Waals surface area contributed by atoms with E-state index in [1.807, 2.05) is 24.3 Å². The fourth-order valence-corrected chi connectivity index (χ4v) is 6.09. The average Bonchev–Trinajstić information content (AvgIpc) is 3.67. The van der Waals surface area contributed by atoms with Gasteiger partial charge in [-0.3, -0.25) is 4.98 Å². The standard InChI is InChI=1S/C34H19N3O2/c1-2-6-22-19(5-1)16-27-31(36-18-37-32(22)27)21-11-13-29-26(17-21)25-15-20(10-12-28(25)38-29)23-7-3-8-24-33-30(39-34(23)24)9-4-14-35-33/h1-15,17-18H,16H2. The van der Waals surface area contributed by atoms with E-state index in [0.717, 1.165) is 78.5 Å². The first-order valence-electron chi connectivity index (χ1n) is 13.0. The molecule has 39 heavy (non-hydrogen) atoms. The van der Waals surface area contributed by atoms with E-state index in [9.17, 15) is 0 Å². The second kappa shape index (κ2) is 7.62. The van der Waals surface area contributed by atoms with Gasteiger partial charge in [-0.05, 0) is 59.7 Å². The summed E-state index contributed by atoms with van der Waals surface area (Å²) in [6, 6.07) is 31.2. The van der Waals surface area contributed by atoms with Crippen molar-refractivity contribution in [3.05, 3.63) is 115 Å². The molecule has 4 heterocycles. The summed E-state index contributed by atoms with van der Waals surface area (Å²) in [6.45, 7) is 0. The Morgan fingerprint density at radius 2 is 1.36 bits per heavy atom. The van der Waals surface area contributed by atoms with E-state index < -0.39 is 0 Å². The molecule has 0 spiro atoms. The normalized spacial score (nSPS) is 12.5. The lowest BCUT2D eigenvalue weighted by Crippen LogP contribution is -1.94. The Balaban J connectivity index is 1.23. The van der Waals surface area contributed by atoms with E-state index in [4.69, 9.17) is 13.8 Å². The monoisotopic (exact) mass is 501 g/mol. The van der Waals surface area contributed by atoms with Crippen molar-refractivity contribution < 1.29 is 8.83 Å². The minimum Gasteiger partial charge on any atom is -0.456 e. The topological polar surface area (TPSA) is 65.0 Å². The molecular weight excluding hydrogens is 482 g/mol. The predicted octanol–water partition coefficient (Wildman–Crippen LogP) is 8.58. The third kappa shape index (κ3) is 2.92. The first-order chi connectivity index (χ1) is 19.3. The summed E-state index contributed by atoms with van der Waals surface area (Å²) >= 11 is 0. The van der Waals surface area contributed by atoms with Gasteiger partial charge in [-0.2, -0.15) is 0 Å². The van der Waals surface area contributed by atoms with Gasteiger partial charge in [0.1, 0.15) is 28.6 Å². The van der Waals surface area contributed by atoms with Gasteiger partial charge < -0.3 is 8.83 Å². The highest BCUT2D eigenvalue weighted by Gasteiger charge is 2.24. The molecule has 4 aromatic heterocycles. The molecule has 0 unspecified atom stereocenters. The molecule has 1 aliphatic carbocycles. The number of rotatable bonds is 2. The van der Waals surface area contributed by atoms with Crippen molar-refractivity contribution in [1.29, 1.82) is 0 Å². The molecular formula is C34H19N3O2. The fourth-order valence-electron chi connectivity index (χ4n) is 6.09. The molecule has 0 aliphatic heterocycles. The Kier molecular flexibility index (Phi) is 4.05. The molecule has 0 radical (unpaired) electrons. The molecule has 5 heteroatoms. The molecule has 4 aromatic carbocycles. The van der Waals surface area contributed by atoms with Crippen LogP contribution in [0.3, 0.4) is 0 Å². The smallest absolute Gasteiger partial charge is 0.153 e. The Morgan fingerprint density at radius 1 is 0.564 bits per heavy atom. The van der Waals surface area contributed by atoms with Crippen molar-refractivity contribution in [1.82, 2.24) is 15.0 Å². The zero-order valence-corrected chi connectivity index (χ0v) is 20.7. The summed E-state index contributed by atoms with van der Waals surface area (Å²) in [5, 5.41) is 3.14. The number of aromatic nitrogens is 3. The summed E-state index contributed by atoms with van der Waals surface area (Å²) < 4.78 is 12.5. The van der Waals surface area contributed by atoms with Crippen LogP contribution < -0.4 is 0 Å². The minimum atomic E-state index is 0.791. The van der Waals surface area contributed by atoms with Crippen molar-refractivity contribution in [3.8, 4) is 33.6 Å². The second-order valence-corrected chi connectivity index (χ2v) is 10.0. The fraction of sp³-hybridized carbons (Fsp3) is 0.0294. The zero-order valence-electron chi connectivity index (χ0n) is 20.7. The van der Waals surface area contributed by atoms with Crippen molar-refractivity contribution in [2.75, 3.05) is 0 Å². The van der Waals surface area contributed by atoms with Crippen LogP contribution in [0.15, 0.2) is 112 Å². The van der Waals surface area contributed by atoms with Gasteiger partial charge in [-0.1, -0.05) is 42.5 Å². The van der Waals surface area contributed by atoms with Crippen molar-refractivity contribution >= 4 is 44.0 Å². The number of benzene rings is 4. The zero-order chi connectivity index (χ0) is 25.5. The number of fused-ring (bicyclic) bond motifs is 9. The van der Waals surface area contributed by atoms with E-state index in [1.54, 1.807) is 12.5 Å². The van der Waals surface area contributed by atoms with Crippen LogP contribution in [0.2, 0.25) is 0 Å². The van der Waals surface area contributed by atoms with E-state index >= 15 is 0 Å². The molecule has 5 nitrogen and oxygen atoms in total. The maximum Gasteiger partial charge on any atom is 0.153 e. The van der Waals surface area contributed by atoms with E-state index in [1.165, 1.54) is 16.7 Å². The summed E-state index contributed by atoms with van der Waals surface area (Å²) in [7, 11) is 0. The largest absolute Gasteiger partial charge is 0.456 e. The number of nitrogens with zero attached hydrogens (tertiary/aromatic N) is 3. The molecule has 182 valence electrons. The van der Waals surface area contributed by atoms with Crippen LogP contribution in [0.4, 0.5) is 0 Å². The number of pyridine rings is 1. The molecule has 0 amide bonds. The Bertz CT molecular complexity index is 2280. The Labute approximate surface area is 222 Å². The lowest BCUT2D eigenvalue weighted by atomic mass is 9.99. The van der Waals surface area contributed by atoms with E-state index in [0.29, 0.717) is 0 Å². The number of furan rings is 2. The van der Waals surface area contributed by atoms with Crippen LogP contribution in [-0.4, -0.2) is 15.0 Å². The molecule has 0 fully saturated rings. The molecule has 0 atom stereocenters. The molecule has 9 rings (SSSR count). The van der Waals surface area contributed by atoms with Crippen LogP contribution in [0.1, 0.15) is 11.1 Å². The summed E-state index contributed by atoms with van der Waals surface area (Å²) in [4.78, 5) is 13.9. The predicted molar refractivity (Wildman–Crippen MR) is 153 cm³/mol. The summed E-state index contributed by atoms with van der Waals surface area (Å²) in [6.07, 6.45) is 4.32. The van der Waals surface area contributed by atoms with Gasteiger partial charge in [0, 0.05) is 51.0 Å². The Hall–Kier alpha value is -5.29. The van der Waals surface area contributed by atoms with E-state index in [2.05, 4.69) is 76.7 Å². The summed E-state index contributed by atoms with van der Waals surface area (Å²) in [5.41, 5.74) is 13.1. The Morgan fingerprint density at radius 3 is 2.28 bits per heavy atom. The highest BCUT2D eigenvalue weighted by molar-refractivity contribution is 6.11. The minimum absolute atomic E-state index is 0.791. The highest BCUT2D eigenvalue weighted by atomic mass is 16.3. The first kappa shape index (κ1) is 20.7. The number of para-hydroxylation sites is 1. The van der Waals surface area contributed by atoms with Gasteiger partial charge in [0.05, 0.1) is 11.4 Å². The van der Waals surface area contributed by atoms with Crippen LogP contribution in [0.5, 0.6) is 0 Å². The molecule has 0 bridgehead atoms. The maximum atomic E-state index is 6.27. The van der Waals surface area contributed by atoms with Crippen molar-refractivity contribution in [2.24, 2.45) is 0 Å². The van der Waals surface area contributed by atoms with Gasteiger partial charge in [0.2, 0.25) is 0 Å². The lowest BCUT2D eigenvalue weighted by Gasteiger charge is -2.07. The molecule has 1 aliphatic rings. The average molecular weight is 502 g/mol. The number of hydrogen-bond donors (Lipinski definition) is 0. The van der Waals surface area contributed by atoms with Gasteiger partial charge >= 0.3 is 0 Å². The lowest BCUT2D eigenvalue weighted by molar-refractivity contribution is 0.668. The van der Waals surface area contributed by atoms with Gasteiger partial charge in [0.15, 0.2) is 5.58 Å². The van der Waals surface area contributed by atoms with Gasteiger partial charge in [0.25, 0.3) is 0 Å². The summed E-state index contributed by atoms with van der Waals surface area (Å²) in [5.74, 6) is 0. The van der Waals surface area contributed by atoms with Crippen LogP contribution in [0, 0.1) is 0 Å². The van der Waals surface area contributed by atoms with Crippen molar-refractivity contribution in [2.45, 2.75) is 6.42 Å². The third-order valence-electron chi connectivity index (χ3n) is 7.89. The molecule has 0 N–H and O–H groups in total.